The SMILES string of the molecule is COC(=O)c1ccc(C2=NN(c3c(Cl)cc(C)cc3Cl)C(c3ccc(F)cc3)N2c2ccc(OC)cc2)cc1. The average Bonchev–Trinajstić information content (AvgIpc) is 3.32. The summed E-state index contributed by atoms with van der Waals surface area (Å²) in [6.45, 7) is 1.91. The highest BCUT2D eigenvalue weighted by molar-refractivity contribution is 6.39. The zero-order valence-corrected chi connectivity index (χ0v) is 22.9. The quantitative estimate of drug-likeness (QED) is 0.226. The van der Waals surface area contributed by atoms with E-state index >= 15 is 0 Å². The number of methoxy groups -OCH3 is 2. The highest BCUT2D eigenvalue weighted by Crippen LogP contribution is 2.45. The molecule has 39 heavy (non-hydrogen) atoms. The molecule has 0 aromatic heterocycles. The Balaban J connectivity index is 1.74. The Bertz CT molecular complexity index is 1520. The van der Waals surface area contributed by atoms with Crippen molar-refractivity contribution in [2.24, 2.45) is 5.10 Å². The van der Waals surface area contributed by atoms with Gasteiger partial charge in [0.2, 0.25) is 0 Å². The van der Waals surface area contributed by atoms with Crippen molar-refractivity contribution in [2.75, 3.05) is 24.1 Å². The lowest BCUT2D eigenvalue weighted by Gasteiger charge is -2.33. The van der Waals surface area contributed by atoms with E-state index in [-0.39, 0.29) is 5.82 Å². The molecule has 198 valence electrons. The number of benzene rings is 4. The average molecular weight is 564 g/mol. The number of ether oxygens (including phenoxy) is 2. The molecule has 0 amide bonds. The summed E-state index contributed by atoms with van der Waals surface area (Å²) in [7, 11) is 2.94. The van der Waals surface area contributed by atoms with Gasteiger partial charge in [-0.2, -0.15) is 5.10 Å². The van der Waals surface area contributed by atoms with Crippen LogP contribution in [0, 0.1) is 12.7 Å². The van der Waals surface area contributed by atoms with Crippen LogP contribution in [0.25, 0.3) is 0 Å². The Labute approximate surface area is 235 Å². The van der Waals surface area contributed by atoms with E-state index in [1.165, 1.54) is 19.2 Å². The molecule has 0 fully saturated rings. The summed E-state index contributed by atoms with van der Waals surface area (Å²) in [6, 6.07) is 24.3. The lowest BCUT2D eigenvalue weighted by Crippen LogP contribution is -2.36. The van der Waals surface area contributed by atoms with Crippen molar-refractivity contribution in [2.45, 2.75) is 13.1 Å². The number of rotatable bonds is 6. The van der Waals surface area contributed by atoms with Crippen LogP contribution in [0.3, 0.4) is 0 Å². The van der Waals surface area contributed by atoms with Gasteiger partial charge in [-0.15, -0.1) is 0 Å². The Morgan fingerprint density at radius 1 is 0.897 bits per heavy atom. The van der Waals surface area contributed by atoms with E-state index < -0.39 is 12.1 Å². The number of hydrogen-bond acceptors (Lipinski definition) is 6. The van der Waals surface area contributed by atoms with Crippen LogP contribution < -0.4 is 14.6 Å². The summed E-state index contributed by atoms with van der Waals surface area (Å²) in [4.78, 5) is 14.1. The molecule has 0 N–H and O–H groups in total. The third-order valence-electron chi connectivity index (χ3n) is 6.38. The maximum Gasteiger partial charge on any atom is 0.337 e. The smallest absolute Gasteiger partial charge is 0.337 e. The van der Waals surface area contributed by atoms with Gasteiger partial charge in [-0.05, 0) is 78.7 Å². The van der Waals surface area contributed by atoms with Crippen LogP contribution in [-0.4, -0.2) is 26.0 Å². The van der Waals surface area contributed by atoms with Crippen LogP contribution >= 0.6 is 23.2 Å². The van der Waals surface area contributed by atoms with Crippen molar-refractivity contribution >= 4 is 46.4 Å². The van der Waals surface area contributed by atoms with Crippen LogP contribution in [0.1, 0.15) is 33.2 Å². The molecule has 0 spiro atoms. The minimum Gasteiger partial charge on any atom is -0.497 e. The monoisotopic (exact) mass is 563 g/mol. The molecule has 1 atom stereocenters. The fourth-order valence-electron chi connectivity index (χ4n) is 4.52. The second-order valence-corrected chi connectivity index (χ2v) is 9.72. The Morgan fingerprint density at radius 2 is 1.51 bits per heavy atom. The number of amidine groups is 1. The summed E-state index contributed by atoms with van der Waals surface area (Å²) in [5.41, 5.74) is 4.10. The topological polar surface area (TPSA) is 54.4 Å². The minimum absolute atomic E-state index is 0.356. The molecule has 6 nitrogen and oxygen atoms in total. The van der Waals surface area contributed by atoms with Gasteiger partial charge in [0, 0.05) is 11.3 Å². The minimum atomic E-state index is -0.577. The van der Waals surface area contributed by atoms with Crippen molar-refractivity contribution in [3.05, 3.63) is 123 Å². The van der Waals surface area contributed by atoms with Crippen LogP contribution in [0.5, 0.6) is 5.75 Å². The summed E-state index contributed by atoms with van der Waals surface area (Å²) in [5.74, 6) is 0.466. The number of anilines is 2. The van der Waals surface area contributed by atoms with Gasteiger partial charge >= 0.3 is 5.97 Å². The number of hydrazone groups is 1. The number of halogens is 3. The standard InChI is InChI=1S/C30H24Cl2FN3O3/c1-18-16-25(31)27(26(32)17-18)36-29(20-8-10-22(33)11-9-20)35(23-12-14-24(38-2)15-13-23)28(34-36)19-4-6-21(7-5-19)30(37)39-3/h4-17,29H,1-3H3. The van der Waals surface area contributed by atoms with Crippen molar-refractivity contribution in [3.8, 4) is 5.75 Å². The van der Waals surface area contributed by atoms with E-state index in [9.17, 15) is 9.18 Å². The third kappa shape index (κ3) is 5.15. The van der Waals surface area contributed by atoms with Crippen molar-refractivity contribution in [1.82, 2.24) is 0 Å². The van der Waals surface area contributed by atoms with E-state index in [0.29, 0.717) is 32.9 Å². The normalized spacial score (nSPS) is 14.8. The zero-order chi connectivity index (χ0) is 27.7. The van der Waals surface area contributed by atoms with Crippen LogP contribution in [0.2, 0.25) is 10.0 Å². The summed E-state index contributed by atoms with van der Waals surface area (Å²) >= 11 is 13.5. The van der Waals surface area contributed by atoms with Gasteiger partial charge in [0.1, 0.15) is 11.6 Å². The maximum atomic E-state index is 14.0. The Morgan fingerprint density at radius 3 is 2.08 bits per heavy atom. The molecule has 1 aliphatic heterocycles. The van der Waals surface area contributed by atoms with E-state index in [2.05, 4.69) is 0 Å². The molecule has 0 bridgehead atoms. The molecule has 5 rings (SSSR count). The highest BCUT2D eigenvalue weighted by atomic mass is 35.5. The second-order valence-electron chi connectivity index (χ2n) is 8.91. The van der Waals surface area contributed by atoms with Crippen molar-refractivity contribution in [1.29, 1.82) is 0 Å². The molecule has 0 radical (unpaired) electrons. The highest BCUT2D eigenvalue weighted by Gasteiger charge is 2.39. The zero-order valence-electron chi connectivity index (χ0n) is 21.4. The molecule has 4 aromatic rings. The number of aryl methyl sites for hydroxylation is 1. The lowest BCUT2D eigenvalue weighted by molar-refractivity contribution is 0.0600. The van der Waals surface area contributed by atoms with E-state index in [1.54, 1.807) is 48.5 Å². The molecule has 0 saturated heterocycles. The molecule has 1 unspecified atom stereocenters. The number of carbonyl (C=O) groups excluding carboxylic acids is 1. The fourth-order valence-corrected chi connectivity index (χ4v) is 5.28. The van der Waals surface area contributed by atoms with Crippen LogP contribution in [-0.2, 0) is 4.74 Å². The van der Waals surface area contributed by atoms with Gasteiger partial charge in [0.05, 0.1) is 35.5 Å². The molecule has 1 aliphatic rings. The summed E-state index contributed by atoms with van der Waals surface area (Å²) in [6.07, 6.45) is -0.577. The number of nitrogens with zero attached hydrogens (tertiary/aromatic N) is 3. The Kier molecular flexibility index (Phi) is 7.46. The predicted octanol–water partition coefficient (Wildman–Crippen LogP) is 7.62. The van der Waals surface area contributed by atoms with Crippen molar-refractivity contribution in [3.63, 3.8) is 0 Å². The molecule has 4 aromatic carbocycles. The van der Waals surface area contributed by atoms with E-state index in [0.717, 1.165) is 22.4 Å². The first-order chi connectivity index (χ1) is 18.8. The molecule has 0 saturated carbocycles. The maximum absolute atomic E-state index is 14.0. The first-order valence-electron chi connectivity index (χ1n) is 12.0. The fraction of sp³-hybridized carbons (Fsp3) is 0.133. The largest absolute Gasteiger partial charge is 0.497 e. The van der Waals surface area contributed by atoms with E-state index in [4.69, 9.17) is 37.8 Å². The van der Waals surface area contributed by atoms with Crippen molar-refractivity contribution < 1.29 is 18.7 Å². The van der Waals surface area contributed by atoms with Gasteiger partial charge < -0.3 is 9.47 Å². The Hall–Kier alpha value is -4.07. The molecular formula is C30H24Cl2FN3O3. The third-order valence-corrected chi connectivity index (χ3v) is 6.96. The lowest BCUT2D eigenvalue weighted by atomic mass is 10.1. The van der Waals surface area contributed by atoms with Gasteiger partial charge in [0.15, 0.2) is 12.0 Å². The van der Waals surface area contributed by atoms with Crippen LogP contribution in [0.4, 0.5) is 15.8 Å². The van der Waals surface area contributed by atoms with E-state index in [1.807, 2.05) is 48.2 Å². The molecular weight excluding hydrogens is 540 g/mol. The number of hydrogen-bond donors (Lipinski definition) is 0. The number of carbonyl (C=O) groups is 1. The molecule has 0 aliphatic carbocycles. The first-order valence-corrected chi connectivity index (χ1v) is 12.8. The van der Waals surface area contributed by atoms with Gasteiger partial charge in [-0.25, -0.2) is 14.2 Å². The first kappa shape index (κ1) is 26.5. The molecule has 1 heterocycles. The number of esters is 1. The second kappa shape index (κ2) is 11.0. The van der Waals surface area contributed by atoms with Gasteiger partial charge in [-0.1, -0.05) is 47.5 Å². The van der Waals surface area contributed by atoms with Gasteiger partial charge in [-0.3, -0.25) is 4.90 Å². The molecule has 9 heteroatoms. The predicted molar refractivity (Wildman–Crippen MR) is 153 cm³/mol. The van der Waals surface area contributed by atoms with Crippen LogP contribution in [0.15, 0.2) is 90.0 Å². The summed E-state index contributed by atoms with van der Waals surface area (Å²) < 4.78 is 24.2. The van der Waals surface area contributed by atoms with Gasteiger partial charge in [0.25, 0.3) is 0 Å². The summed E-state index contributed by atoms with van der Waals surface area (Å²) in [5, 5.41) is 7.61.